The van der Waals surface area contributed by atoms with Gasteiger partial charge in [0.25, 0.3) is 0 Å². The maximum Gasteiger partial charge on any atom is 0.315 e. The number of carbonyl (C=O) groups is 2. The van der Waals surface area contributed by atoms with Crippen LogP contribution in [-0.4, -0.2) is 40.5 Å². The highest BCUT2D eigenvalue weighted by atomic mass is 32.1. The monoisotopic (exact) mass is 467 g/mol. The fourth-order valence-corrected chi connectivity index (χ4v) is 3.95. The number of hydrogen-bond acceptors (Lipinski definition) is 7. The Bertz CT molecular complexity index is 1140. The summed E-state index contributed by atoms with van der Waals surface area (Å²) in [5, 5.41) is 17.6. The van der Waals surface area contributed by atoms with E-state index < -0.39 is 17.6 Å². The molecule has 2 heterocycles. The number of nitrogens with zero attached hydrogens (tertiary/aromatic N) is 2. The van der Waals surface area contributed by atoms with E-state index in [-0.39, 0.29) is 12.7 Å². The molecule has 33 heavy (non-hydrogen) atoms. The average molecular weight is 468 g/mol. The molecule has 1 atom stereocenters. The molecule has 0 aliphatic carbocycles. The topological polar surface area (TPSA) is 114 Å². The zero-order chi connectivity index (χ0) is 23.4. The molecule has 1 unspecified atom stereocenters. The first-order chi connectivity index (χ1) is 15.8. The predicted octanol–water partition coefficient (Wildman–Crippen LogP) is 3.58. The highest BCUT2D eigenvalue weighted by Crippen LogP contribution is 2.37. The molecule has 0 radical (unpaired) electrons. The van der Waals surface area contributed by atoms with Crippen LogP contribution in [0, 0.1) is 0 Å². The van der Waals surface area contributed by atoms with E-state index in [1.807, 2.05) is 69.3 Å². The molecule has 2 aromatic carbocycles. The fourth-order valence-electron chi connectivity index (χ4n) is 3.21. The third kappa shape index (κ3) is 5.98. The van der Waals surface area contributed by atoms with Crippen molar-refractivity contribution in [3.8, 4) is 22.1 Å². The van der Waals surface area contributed by atoms with E-state index in [0.717, 1.165) is 11.1 Å². The SMILES string of the molecule is CC(C)(C)NC(=O)NC(Cc1ccccc1)C(=O)Nc1nnc(-c2ccc3c(c2)OCO3)s1. The number of amides is 3. The van der Waals surface area contributed by atoms with Gasteiger partial charge in [-0.15, -0.1) is 10.2 Å². The number of rotatable bonds is 6. The summed E-state index contributed by atoms with van der Waals surface area (Å²) in [7, 11) is 0. The minimum atomic E-state index is -0.798. The van der Waals surface area contributed by atoms with Crippen LogP contribution in [-0.2, 0) is 11.2 Å². The number of nitrogens with one attached hydrogen (secondary N) is 3. The molecule has 0 fully saturated rings. The first kappa shape index (κ1) is 22.5. The van der Waals surface area contributed by atoms with Gasteiger partial charge in [0.05, 0.1) is 0 Å². The van der Waals surface area contributed by atoms with E-state index in [9.17, 15) is 9.59 Å². The minimum absolute atomic E-state index is 0.189. The second-order valence-electron chi connectivity index (χ2n) is 8.56. The Morgan fingerprint density at radius 1 is 1.06 bits per heavy atom. The zero-order valence-electron chi connectivity index (χ0n) is 18.5. The Kier molecular flexibility index (Phi) is 6.45. The molecule has 4 rings (SSSR count). The molecule has 1 aromatic heterocycles. The average Bonchev–Trinajstić information content (AvgIpc) is 3.41. The van der Waals surface area contributed by atoms with E-state index in [1.54, 1.807) is 0 Å². The van der Waals surface area contributed by atoms with Crippen LogP contribution < -0.4 is 25.4 Å². The zero-order valence-corrected chi connectivity index (χ0v) is 19.4. The smallest absolute Gasteiger partial charge is 0.315 e. The van der Waals surface area contributed by atoms with Crippen molar-refractivity contribution in [3.05, 3.63) is 54.1 Å². The van der Waals surface area contributed by atoms with Crippen LogP contribution >= 0.6 is 11.3 Å². The first-order valence-corrected chi connectivity index (χ1v) is 11.3. The number of urea groups is 1. The summed E-state index contributed by atoms with van der Waals surface area (Å²) < 4.78 is 10.7. The highest BCUT2D eigenvalue weighted by molar-refractivity contribution is 7.18. The van der Waals surface area contributed by atoms with Gasteiger partial charge in [0.15, 0.2) is 11.5 Å². The number of benzene rings is 2. The molecule has 1 aliphatic rings. The van der Waals surface area contributed by atoms with Gasteiger partial charge in [0.1, 0.15) is 11.0 Å². The van der Waals surface area contributed by atoms with Crippen molar-refractivity contribution >= 4 is 28.4 Å². The molecule has 10 heteroatoms. The van der Waals surface area contributed by atoms with Crippen molar-refractivity contribution < 1.29 is 19.1 Å². The summed E-state index contributed by atoms with van der Waals surface area (Å²) >= 11 is 1.23. The van der Waals surface area contributed by atoms with Crippen molar-refractivity contribution in [1.29, 1.82) is 0 Å². The van der Waals surface area contributed by atoms with Gasteiger partial charge in [0, 0.05) is 17.5 Å². The predicted molar refractivity (Wildman–Crippen MR) is 125 cm³/mol. The van der Waals surface area contributed by atoms with Crippen molar-refractivity contribution in [1.82, 2.24) is 20.8 Å². The molecule has 172 valence electrons. The Morgan fingerprint density at radius 3 is 2.58 bits per heavy atom. The molecule has 0 spiro atoms. The molecular weight excluding hydrogens is 442 g/mol. The molecule has 1 aliphatic heterocycles. The lowest BCUT2D eigenvalue weighted by Crippen LogP contribution is -2.53. The Hall–Kier alpha value is -3.66. The maximum absolute atomic E-state index is 13.1. The standard InChI is InChI=1S/C23H25N5O4S/c1-23(2,3)26-21(30)24-16(11-14-7-5-4-6-8-14)19(29)25-22-28-27-20(33-22)15-9-10-17-18(12-15)32-13-31-17/h4-10,12,16H,11,13H2,1-3H3,(H2,24,26,30)(H,25,28,29). The Morgan fingerprint density at radius 2 is 1.82 bits per heavy atom. The van der Waals surface area contributed by atoms with Crippen molar-refractivity contribution in [2.75, 3.05) is 12.1 Å². The molecule has 0 bridgehead atoms. The lowest BCUT2D eigenvalue weighted by atomic mass is 10.1. The van der Waals surface area contributed by atoms with Gasteiger partial charge in [0.2, 0.25) is 17.8 Å². The number of anilines is 1. The minimum Gasteiger partial charge on any atom is -0.454 e. The van der Waals surface area contributed by atoms with Gasteiger partial charge in [-0.05, 0) is 44.5 Å². The third-order valence-corrected chi connectivity index (χ3v) is 5.56. The lowest BCUT2D eigenvalue weighted by molar-refractivity contribution is -0.117. The highest BCUT2D eigenvalue weighted by Gasteiger charge is 2.25. The summed E-state index contributed by atoms with van der Waals surface area (Å²) in [5.74, 6) is 0.946. The van der Waals surface area contributed by atoms with Crippen LogP contribution in [0.5, 0.6) is 11.5 Å². The van der Waals surface area contributed by atoms with Gasteiger partial charge in [-0.3, -0.25) is 10.1 Å². The number of carbonyl (C=O) groups excluding carboxylic acids is 2. The summed E-state index contributed by atoms with van der Waals surface area (Å²) in [6.07, 6.45) is 0.331. The van der Waals surface area contributed by atoms with Gasteiger partial charge in [-0.1, -0.05) is 41.7 Å². The normalized spacial score (nSPS) is 13.3. The number of ether oxygens (including phenoxy) is 2. The second-order valence-corrected chi connectivity index (χ2v) is 9.54. The summed E-state index contributed by atoms with van der Waals surface area (Å²) in [5.41, 5.74) is 1.30. The van der Waals surface area contributed by atoms with Crippen molar-refractivity contribution in [2.45, 2.75) is 38.8 Å². The third-order valence-electron chi connectivity index (χ3n) is 4.67. The van der Waals surface area contributed by atoms with Crippen molar-refractivity contribution in [2.24, 2.45) is 0 Å². The maximum atomic E-state index is 13.1. The van der Waals surface area contributed by atoms with E-state index in [0.29, 0.717) is 28.1 Å². The van der Waals surface area contributed by atoms with E-state index in [2.05, 4.69) is 26.1 Å². The second kappa shape index (κ2) is 9.45. The molecular formula is C23H25N5O4S. The molecule has 3 aromatic rings. The summed E-state index contributed by atoms with van der Waals surface area (Å²) in [6.45, 7) is 5.81. The van der Waals surface area contributed by atoms with Crippen LogP contribution in [0.25, 0.3) is 10.6 Å². The Labute approximate surface area is 195 Å². The van der Waals surface area contributed by atoms with Crippen LogP contribution in [0.15, 0.2) is 48.5 Å². The van der Waals surface area contributed by atoms with Gasteiger partial charge in [-0.2, -0.15) is 0 Å². The van der Waals surface area contributed by atoms with Gasteiger partial charge >= 0.3 is 6.03 Å². The largest absolute Gasteiger partial charge is 0.454 e. The molecule has 3 N–H and O–H groups in total. The Balaban J connectivity index is 1.47. The van der Waals surface area contributed by atoms with Crippen LogP contribution in [0.3, 0.4) is 0 Å². The number of aromatic nitrogens is 2. The van der Waals surface area contributed by atoms with E-state index in [1.165, 1.54) is 11.3 Å². The first-order valence-electron chi connectivity index (χ1n) is 10.4. The molecule has 0 saturated carbocycles. The fraction of sp³-hybridized carbons (Fsp3) is 0.304. The number of hydrogen-bond donors (Lipinski definition) is 3. The quantitative estimate of drug-likeness (QED) is 0.511. The van der Waals surface area contributed by atoms with Crippen LogP contribution in [0.2, 0.25) is 0 Å². The summed E-state index contributed by atoms with van der Waals surface area (Å²) in [6, 6.07) is 13.8. The van der Waals surface area contributed by atoms with Crippen molar-refractivity contribution in [3.63, 3.8) is 0 Å². The van der Waals surface area contributed by atoms with Crippen LogP contribution in [0.1, 0.15) is 26.3 Å². The number of fused-ring (bicyclic) bond motifs is 1. The lowest BCUT2D eigenvalue weighted by Gasteiger charge is -2.24. The van der Waals surface area contributed by atoms with Gasteiger partial charge in [-0.25, -0.2) is 4.79 Å². The molecule has 9 nitrogen and oxygen atoms in total. The van der Waals surface area contributed by atoms with Gasteiger partial charge < -0.3 is 20.1 Å². The van der Waals surface area contributed by atoms with Crippen LogP contribution in [0.4, 0.5) is 9.93 Å². The molecule has 0 saturated heterocycles. The summed E-state index contributed by atoms with van der Waals surface area (Å²) in [4.78, 5) is 25.5. The molecule has 3 amide bonds. The van der Waals surface area contributed by atoms with E-state index in [4.69, 9.17) is 9.47 Å². The van der Waals surface area contributed by atoms with E-state index >= 15 is 0 Å².